The molecule has 5 N–H and O–H groups in total. The molecule has 1 amide bonds. The largest absolute Gasteiger partial charge is 0.393 e. The van der Waals surface area contributed by atoms with Crippen molar-refractivity contribution in [3.63, 3.8) is 0 Å². The Morgan fingerprint density at radius 2 is 1.68 bits per heavy atom. The van der Waals surface area contributed by atoms with Crippen molar-refractivity contribution in [2.75, 3.05) is 13.2 Å². The second-order valence-corrected chi connectivity index (χ2v) is 11.5. The van der Waals surface area contributed by atoms with Crippen molar-refractivity contribution in [2.45, 2.75) is 88.5 Å². The number of carbonyl (C=O) groups is 1. The zero-order valence-electron chi connectivity index (χ0n) is 22.2. The van der Waals surface area contributed by atoms with Gasteiger partial charge in [0.15, 0.2) is 0 Å². The van der Waals surface area contributed by atoms with Gasteiger partial charge in [0.05, 0.1) is 24.4 Å². The van der Waals surface area contributed by atoms with Crippen LogP contribution in [-0.2, 0) is 22.2 Å². The monoisotopic (exact) mass is 518 g/mol. The van der Waals surface area contributed by atoms with Crippen molar-refractivity contribution < 1.29 is 28.9 Å². The van der Waals surface area contributed by atoms with Gasteiger partial charge in [-0.3, -0.25) is 4.79 Å². The maximum Gasteiger partial charge on any atom is 0.217 e. The molecule has 0 unspecified atom stereocenters. The molecule has 8 heteroatoms. The summed E-state index contributed by atoms with van der Waals surface area (Å²) in [5, 5.41) is 37.7. The molecule has 0 bridgehead atoms. The number of aliphatic hydroxyl groups excluding tert-OH is 2. The van der Waals surface area contributed by atoms with Crippen LogP contribution >= 0.6 is 0 Å². The summed E-state index contributed by atoms with van der Waals surface area (Å²) in [6.45, 7) is 7.51. The van der Waals surface area contributed by atoms with Crippen molar-refractivity contribution >= 4 is 5.91 Å². The average Bonchev–Trinajstić information content (AvgIpc) is 2.82. The first-order valence-electron chi connectivity index (χ1n) is 12.8. The van der Waals surface area contributed by atoms with Gasteiger partial charge in [0.25, 0.3) is 0 Å². The van der Waals surface area contributed by atoms with Crippen molar-refractivity contribution in [1.29, 1.82) is 0 Å². The number of carbonyl (C=O) groups excluding carboxylic acids is 1. The van der Waals surface area contributed by atoms with E-state index in [-0.39, 0.29) is 30.9 Å². The van der Waals surface area contributed by atoms with Gasteiger partial charge < -0.3 is 26.0 Å². The van der Waals surface area contributed by atoms with Crippen molar-refractivity contribution in [2.24, 2.45) is 0 Å². The predicted octanol–water partition coefficient (Wildman–Crippen LogP) is 3.45. The molecule has 6 nitrogen and oxygen atoms in total. The second-order valence-electron chi connectivity index (χ2n) is 11.5. The third kappa shape index (κ3) is 7.57. The topological polar surface area (TPSA) is 102 Å². The van der Waals surface area contributed by atoms with E-state index in [1.807, 2.05) is 12.1 Å². The number of halogens is 2. The summed E-state index contributed by atoms with van der Waals surface area (Å²) in [5.41, 5.74) is 0.706. The van der Waals surface area contributed by atoms with E-state index in [2.05, 4.69) is 43.5 Å². The minimum atomic E-state index is -1.15. The minimum Gasteiger partial charge on any atom is -0.393 e. The highest BCUT2D eigenvalue weighted by Crippen LogP contribution is 2.42. The number of amides is 1. The Hall–Kier alpha value is -2.39. The predicted molar refractivity (Wildman–Crippen MR) is 139 cm³/mol. The van der Waals surface area contributed by atoms with Crippen molar-refractivity contribution in [3.8, 4) is 0 Å². The van der Waals surface area contributed by atoms with Gasteiger partial charge in [-0.2, -0.15) is 0 Å². The van der Waals surface area contributed by atoms with Crippen LogP contribution in [0.3, 0.4) is 0 Å². The smallest absolute Gasteiger partial charge is 0.217 e. The third-order valence-electron chi connectivity index (χ3n) is 7.49. The van der Waals surface area contributed by atoms with E-state index in [1.165, 1.54) is 19.1 Å². The molecule has 0 aromatic heterocycles. The van der Waals surface area contributed by atoms with Crippen LogP contribution in [0.5, 0.6) is 0 Å². The Kier molecular flexibility index (Phi) is 9.11. The average molecular weight is 519 g/mol. The summed E-state index contributed by atoms with van der Waals surface area (Å²) in [5.74, 6) is -1.81. The molecule has 0 radical (unpaired) electrons. The van der Waals surface area contributed by atoms with Gasteiger partial charge in [-0.05, 0) is 66.3 Å². The fourth-order valence-electron chi connectivity index (χ4n) is 5.12. The lowest BCUT2D eigenvalue weighted by atomic mass is 9.70. The van der Waals surface area contributed by atoms with Gasteiger partial charge in [-0.15, -0.1) is 0 Å². The normalized spacial score (nSPS) is 23.9. The van der Waals surface area contributed by atoms with Crippen LogP contribution in [0.15, 0.2) is 42.5 Å². The quantitative estimate of drug-likeness (QED) is 0.350. The Morgan fingerprint density at radius 3 is 2.22 bits per heavy atom. The minimum absolute atomic E-state index is 0.0495. The molecule has 0 spiro atoms. The summed E-state index contributed by atoms with van der Waals surface area (Å²) in [6.07, 6.45) is 0.813. The summed E-state index contributed by atoms with van der Waals surface area (Å²) >= 11 is 0. The molecule has 2 aromatic rings. The number of benzene rings is 2. The zero-order chi connectivity index (χ0) is 27.4. The van der Waals surface area contributed by atoms with Gasteiger partial charge in [-0.25, -0.2) is 8.78 Å². The molecular weight excluding hydrogens is 478 g/mol. The standard InChI is InChI=1S/C29H40F2N2O4/c1-19(35)33-25(14-20-12-23(30)16-24(31)13-20)26(36)17-32-29(10-8-28(37,18-34)9-11-29)22-7-5-6-21(15-22)27(2,3)4/h5-7,12-13,15-16,25-26,32,34,36-37H,8-11,14,17-18H2,1-4H3,(H,33,35)/t25-,26-,28?,29?/m1/s1. The maximum atomic E-state index is 13.7. The van der Waals surface area contributed by atoms with Crippen LogP contribution < -0.4 is 10.6 Å². The van der Waals surface area contributed by atoms with E-state index in [9.17, 15) is 28.9 Å². The zero-order valence-corrected chi connectivity index (χ0v) is 22.2. The van der Waals surface area contributed by atoms with Gasteiger partial charge in [0.2, 0.25) is 5.91 Å². The summed E-state index contributed by atoms with van der Waals surface area (Å²) in [7, 11) is 0. The SMILES string of the molecule is CC(=O)N[C@H](Cc1cc(F)cc(F)c1)[C@H](O)CNC1(c2cccc(C(C)(C)C)c2)CCC(O)(CO)CC1. The van der Waals surface area contributed by atoms with E-state index >= 15 is 0 Å². The van der Waals surface area contributed by atoms with Crippen LogP contribution in [-0.4, -0.2) is 52.1 Å². The van der Waals surface area contributed by atoms with Gasteiger partial charge in [-0.1, -0.05) is 45.0 Å². The molecule has 1 aliphatic carbocycles. The van der Waals surface area contributed by atoms with Gasteiger partial charge in [0.1, 0.15) is 11.6 Å². The molecule has 0 saturated heterocycles. The fraction of sp³-hybridized carbons (Fsp3) is 0.552. The molecule has 37 heavy (non-hydrogen) atoms. The van der Waals surface area contributed by atoms with E-state index in [4.69, 9.17) is 0 Å². The third-order valence-corrected chi connectivity index (χ3v) is 7.49. The number of aliphatic hydroxyl groups is 3. The summed E-state index contributed by atoms with van der Waals surface area (Å²) in [4.78, 5) is 11.9. The van der Waals surface area contributed by atoms with Crippen LogP contribution in [0.2, 0.25) is 0 Å². The van der Waals surface area contributed by atoms with Crippen LogP contribution in [0.25, 0.3) is 0 Å². The number of nitrogens with one attached hydrogen (secondary N) is 2. The first-order valence-corrected chi connectivity index (χ1v) is 12.8. The maximum absolute atomic E-state index is 13.7. The first-order chi connectivity index (χ1) is 17.2. The van der Waals surface area contributed by atoms with Gasteiger partial charge >= 0.3 is 0 Å². The number of rotatable bonds is 9. The molecule has 1 fully saturated rings. The Labute approximate surface area is 218 Å². The molecule has 1 aliphatic rings. The highest BCUT2D eigenvalue weighted by molar-refractivity contribution is 5.73. The second kappa shape index (κ2) is 11.6. The molecule has 1 saturated carbocycles. The first kappa shape index (κ1) is 29.2. The van der Waals surface area contributed by atoms with Crippen LogP contribution in [0.1, 0.15) is 70.1 Å². The lowest BCUT2D eigenvalue weighted by molar-refractivity contribution is -0.120. The van der Waals surface area contributed by atoms with E-state index in [1.54, 1.807) is 0 Å². The molecule has 2 aromatic carbocycles. The molecule has 204 valence electrons. The lowest BCUT2D eigenvalue weighted by Crippen LogP contribution is -2.55. The summed E-state index contributed by atoms with van der Waals surface area (Å²) in [6, 6.07) is 10.6. The summed E-state index contributed by atoms with van der Waals surface area (Å²) < 4.78 is 27.5. The molecular formula is C29H40F2N2O4. The highest BCUT2D eigenvalue weighted by atomic mass is 19.1. The van der Waals surface area contributed by atoms with E-state index in [0.717, 1.165) is 17.2 Å². The van der Waals surface area contributed by atoms with Crippen LogP contribution in [0, 0.1) is 11.6 Å². The van der Waals surface area contributed by atoms with Gasteiger partial charge in [0, 0.05) is 25.1 Å². The van der Waals surface area contributed by atoms with Crippen molar-refractivity contribution in [3.05, 3.63) is 70.8 Å². The number of hydrogen-bond donors (Lipinski definition) is 5. The van der Waals surface area contributed by atoms with Crippen molar-refractivity contribution in [1.82, 2.24) is 10.6 Å². The molecule has 3 rings (SSSR count). The Bertz CT molecular complexity index is 1060. The fourth-order valence-corrected chi connectivity index (χ4v) is 5.12. The van der Waals surface area contributed by atoms with E-state index in [0.29, 0.717) is 31.2 Å². The van der Waals surface area contributed by atoms with E-state index < -0.39 is 34.9 Å². The Balaban J connectivity index is 1.86. The highest BCUT2D eigenvalue weighted by Gasteiger charge is 2.43. The molecule has 0 heterocycles. The lowest BCUT2D eigenvalue weighted by Gasteiger charge is -2.45. The molecule has 0 aliphatic heterocycles. The van der Waals surface area contributed by atoms with Crippen LogP contribution in [0.4, 0.5) is 8.78 Å². The number of hydrogen-bond acceptors (Lipinski definition) is 5. The Morgan fingerprint density at radius 1 is 1.05 bits per heavy atom. The molecule has 2 atom stereocenters.